The quantitative estimate of drug-likeness (QED) is 0.128. The predicted octanol–water partition coefficient (Wildman–Crippen LogP) is 6.80. The molecule has 0 aliphatic carbocycles. The van der Waals surface area contributed by atoms with E-state index < -0.39 is 40.7 Å². The largest absolute Gasteiger partial charge is 0.490 e. The van der Waals surface area contributed by atoms with E-state index in [0.29, 0.717) is 27.1 Å². The van der Waals surface area contributed by atoms with Gasteiger partial charge in [-0.25, -0.2) is 22.0 Å². The summed E-state index contributed by atoms with van der Waals surface area (Å²) in [7, 11) is 0. The summed E-state index contributed by atoms with van der Waals surface area (Å²) in [5, 5.41) is 12.8. The number of carbonyl (C=O) groups excluding carboxylic acids is 1. The van der Waals surface area contributed by atoms with Gasteiger partial charge in [-0.15, -0.1) is 0 Å². The lowest BCUT2D eigenvalue weighted by Gasteiger charge is -2.16. The number of rotatable bonds is 7. The number of hydrazone groups is 1. The third-order valence-corrected chi connectivity index (χ3v) is 6.16. The van der Waals surface area contributed by atoms with Crippen molar-refractivity contribution in [3.8, 4) is 17.6 Å². The molecule has 1 aliphatic rings. The molecule has 3 aromatic rings. The zero-order chi connectivity index (χ0) is 28.4. The average molecular weight is 606 g/mol. The Morgan fingerprint density at radius 2 is 1.62 bits per heavy atom. The number of hydrogen-bond acceptors (Lipinski definition) is 5. The number of halogens is 6. The van der Waals surface area contributed by atoms with Crippen LogP contribution >= 0.6 is 15.9 Å². The zero-order valence-electron chi connectivity index (χ0n) is 20.3. The van der Waals surface area contributed by atoms with Gasteiger partial charge < -0.3 is 9.47 Å². The molecule has 0 aromatic heterocycles. The molecule has 1 heterocycles. The van der Waals surface area contributed by atoms with Crippen LogP contribution in [0.25, 0.3) is 6.08 Å². The van der Waals surface area contributed by atoms with E-state index in [4.69, 9.17) is 14.7 Å². The molecule has 39 heavy (non-hydrogen) atoms. The molecule has 0 spiro atoms. The van der Waals surface area contributed by atoms with Gasteiger partial charge in [-0.3, -0.25) is 4.79 Å². The van der Waals surface area contributed by atoms with Gasteiger partial charge in [0.2, 0.25) is 5.82 Å². The zero-order valence-corrected chi connectivity index (χ0v) is 21.9. The summed E-state index contributed by atoms with van der Waals surface area (Å²) < 4.78 is 81.6. The number of benzene rings is 3. The molecule has 3 aromatic carbocycles. The standard InChI is InChI=1S/C27H17BrF5N3O3/c1-3-38-19-10-16(9-18(28)26(19)39-12-15-6-4-14(11-34)5-7-15)8-17-13(2)35-36(27(17)37)25-23(32)21(30)20(29)22(31)24(25)33/h4-10H,3,12H2,1-2H3/b17-8-. The third-order valence-electron chi connectivity index (χ3n) is 5.57. The molecular formula is C27H17BrF5N3O3. The molecule has 0 bridgehead atoms. The highest BCUT2D eigenvalue weighted by atomic mass is 79.9. The van der Waals surface area contributed by atoms with Crippen molar-refractivity contribution in [1.29, 1.82) is 5.26 Å². The Balaban J connectivity index is 1.66. The Kier molecular flexibility index (Phi) is 8.01. The van der Waals surface area contributed by atoms with E-state index in [1.165, 1.54) is 13.0 Å². The van der Waals surface area contributed by atoms with Gasteiger partial charge >= 0.3 is 0 Å². The summed E-state index contributed by atoms with van der Waals surface area (Å²) in [5.41, 5.74) is 0.0753. The Morgan fingerprint density at radius 1 is 1.00 bits per heavy atom. The molecule has 0 saturated heterocycles. The molecule has 12 heteroatoms. The number of anilines is 1. The molecule has 1 aliphatic heterocycles. The molecule has 1 amide bonds. The van der Waals surface area contributed by atoms with Crippen molar-refractivity contribution in [2.45, 2.75) is 20.5 Å². The molecule has 0 N–H and O–H groups in total. The highest BCUT2D eigenvalue weighted by Crippen LogP contribution is 2.39. The number of ether oxygens (including phenoxy) is 2. The minimum Gasteiger partial charge on any atom is -0.490 e. The van der Waals surface area contributed by atoms with Gasteiger partial charge in [0.15, 0.2) is 34.8 Å². The first-order valence-corrected chi connectivity index (χ1v) is 12.1. The summed E-state index contributed by atoms with van der Waals surface area (Å²) in [4.78, 5) is 13.0. The van der Waals surface area contributed by atoms with Crippen molar-refractivity contribution >= 4 is 39.3 Å². The topological polar surface area (TPSA) is 74.9 Å². The number of nitrogens with zero attached hydrogens (tertiary/aromatic N) is 3. The van der Waals surface area contributed by atoms with Crippen LogP contribution in [-0.2, 0) is 11.4 Å². The smallest absolute Gasteiger partial charge is 0.280 e. The Labute approximate surface area is 227 Å². The lowest BCUT2D eigenvalue weighted by Crippen LogP contribution is -2.25. The van der Waals surface area contributed by atoms with Gasteiger partial charge in [-0.2, -0.15) is 15.4 Å². The van der Waals surface area contributed by atoms with Gasteiger partial charge in [0.25, 0.3) is 5.91 Å². The lowest BCUT2D eigenvalue weighted by atomic mass is 10.1. The minimum absolute atomic E-state index is 0.0147. The predicted molar refractivity (Wildman–Crippen MR) is 136 cm³/mol. The molecule has 0 unspecified atom stereocenters. The SMILES string of the molecule is CCOc1cc(/C=C2\C(=O)N(c3c(F)c(F)c(F)c(F)c3F)N=C2C)cc(Br)c1OCc1ccc(C#N)cc1. The van der Waals surface area contributed by atoms with Gasteiger partial charge in [-0.05, 0) is 71.2 Å². The van der Waals surface area contributed by atoms with Gasteiger partial charge in [0.1, 0.15) is 12.3 Å². The van der Waals surface area contributed by atoms with Crippen LogP contribution in [0.15, 0.2) is 51.5 Å². The van der Waals surface area contributed by atoms with Crippen molar-refractivity contribution in [1.82, 2.24) is 0 Å². The van der Waals surface area contributed by atoms with Crippen molar-refractivity contribution < 1.29 is 36.2 Å². The lowest BCUT2D eigenvalue weighted by molar-refractivity contribution is -0.114. The van der Waals surface area contributed by atoms with E-state index in [0.717, 1.165) is 5.56 Å². The second-order valence-corrected chi connectivity index (χ2v) is 8.99. The maximum Gasteiger partial charge on any atom is 0.280 e. The van der Waals surface area contributed by atoms with Gasteiger partial charge in [0, 0.05) is 0 Å². The summed E-state index contributed by atoms with van der Waals surface area (Å²) >= 11 is 3.41. The Hall–Kier alpha value is -4.24. The van der Waals surface area contributed by atoms with E-state index >= 15 is 0 Å². The van der Waals surface area contributed by atoms with Gasteiger partial charge in [-0.1, -0.05) is 12.1 Å². The molecule has 0 radical (unpaired) electrons. The maximum absolute atomic E-state index is 14.3. The molecule has 0 fully saturated rings. The van der Waals surface area contributed by atoms with E-state index in [-0.39, 0.29) is 29.5 Å². The van der Waals surface area contributed by atoms with Crippen LogP contribution < -0.4 is 14.5 Å². The summed E-state index contributed by atoms with van der Waals surface area (Å²) in [6, 6.07) is 12.0. The minimum atomic E-state index is -2.34. The summed E-state index contributed by atoms with van der Waals surface area (Å²) in [6.45, 7) is 3.53. The molecular weight excluding hydrogens is 589 g/mol. The first-order valence-electron chi connectivity index (χ1n) is 11.3. The number of amides is 1. The fourth-order valence-corrected chi connectivity index (χ4v) is 4.26. The second-order valence-electron chi connectivity index (χ2n) is 8.14. The second kappa shape index (κ2) is 11.2. The first kappa shape index (κ1) is 27.8. The van der Waals surface area contributed by atoms with Crippen LogP contribution in [0.2, 0.25) is 0 Å². The molecule has 0 saturated carbocycles. The molecule has 4 rings (SSSR count). The van der Waals surface area contributed by atoms with Crippen LogP contribution in [0.5, 0.6) is 11.5 Å². The number of hydrogen-bond donors (Lipinski definition) is 0. The monoisotopic (exact) mass is 605 g/mol. The summed E-state index contributed by atoms with van der Waals surface area (Å²) in [5.74, 6) is -11.5. The molecule has 200 valence electrons. The van der Waals surface area contributed by atoms with Crippen LogP contribution in [0.3, 0.4) is 0 Å². The maximum atomic E-state index is 14.3. The fourth-order valence-electron chi connectivity index (χ4n) is 3.69. The van der Waals surface area contributed by atoms with Crippen molar-refractivity contribution in [3.63, 3.8) is 0 Å². The number of nitriles is 1. The van der Waals surface area contributed by atoms with E-state index in [1.54, 1.807) is 43.3 Å². The average Bonchev–Trinajstić information content (AvgIpc) is 3.19. The van der Waals surface area contributed by atoms with Crippen molar-refractivity contribution in [2.75, 3.05) is 11.6 Å². The highest BCUT2D eigenvalue weighted by Gasteiger charge is 2.37. The first-order chi connectivity index (χ1) is 18.6. The van der Waals surface area contributed by atoms with Crippen molar-refractivity contribution in [3.05, 3.63) is 92.2 Å². The summed E-state index contributed by atoms with van der Waals surface area (Å²) in [6.07, 6.45) is 1.34. The van der Waals surface area contributed by atoms with Crippen LogP contribution in [-0.4, -0.2) is 18.2 Å². The Bertz CT molecular complexity index is 1550. The van der Waals surface area contributed by atoms with Crippen LogP contribution in [0.1, 0.15) is 30.5 Å². The molecule has 6 nitrogen and oxygen atoms in total. The van der Waals surface area contributed by atoms with Gasteiger partial charge in [0.05, 0.1) is 34.0 Å². The highest BCUT2D eigenvalue weighted by molar-refractivity contribution is 9.10. The van der Waals surface area contributed by atoms with E-state index in [1.807, 2.05) is 6.07 Å². The fraction of sp³-hybridized carbons (Fsp3) is 0.148. The number of carbonyl (C=O) groups is 1. The Morgan fingerprint density at radius 3 is 2.21 bits per heavy atom. The van der Waals surface area contributed by atoms with Crippen molar-refractivity contribution in [2.24, 2.45) is 5.10 Å². The van der Waals surface area contributed by atoms with E-state index in [2.05, 4.69) is 21.0 Å². The van der Waals surface area contributed by atoms with E-state index in [9.17, 15) is 26.7 Å². The third kappa shape index (κ3) is 5.35. The van der Waals surface area contributed by atoms with Crippen LogP contribution in [0.4, 0.5) is 27.6 Å². The normalized spacial score (nSPS) is 14.0. The molecule has 0 atom stereocenters. The van der Waals surface area contributed by atoms with Crippen LogP contribution in [0, 0.1) is 40.4 Å².